The van der Waals surface area contributed by atoms with Crippen molar-refractivity contribution in [2.24, 2.45) is 0 Å². The first-order chi connectivity index (χ1) is 12.0. The number of halogens is 2. The summed E-state index contributed by atoms with van der Waals surface area (Å²) in [5.74, 6) is -0.988. The fourth-order valence-corrected chi connectivity index (χ4v) is 2.84. The molecule has 1 aromatic carbocycles. The summed E-state index contributed by atoms with van der Waals surface area (Å²) in [4.78, 5) is 31.3. The Morgan fingerprint density at radius 2 is 2.04 bits per heavy atom. The van der Waals surface area contributed by atoms with Gasteiger partial charge in [0.15, 0.2) is 12.4 Å². The van der Waals surface area contributed by atoms with Gasteiger partial charge in [0, 0.05) is 22.8 Å². The molecule has 25 heavy (non-hydrogen) atoms. The SMILES string of the molecule is Cc1[nH]c2ccccc2c1C(=O)OCC(=O)Nc1ncc(Cl)cc1Cl. The molecule has 0 saturated carbocycles. The number of carbonyl (C=O) groups excluding carboxylic acids is 2. The predicted molar refractivity (Wildman–Crippen MR) is 96.2 cm³/mol. The molecule has 0 aliphatic carbocycles. The number of aryl methyl sites for hydroxylation is 1. The minimum atomic E-state index is -0.583. The van der Waals surface area contributed by atoms with E-state index >= 15 is 0 Å². The molecule has 0 aliphatic heterocycles. The highest BCUT2D eigenvalue weighted by molar-refractivity contribution is 6.36. The average Bonchev–Trinajstić information content (AvgIpc) is 2.91. The number of aromatic nitrogens is 2. The van der Waals surface area contributed by atoms with Gasteiger partial charge in [0.05, 0.1) is 15.6 Å². The zero-order chi connectivity index (χ0) is 18.0. The van der Waals surface area contributed by atoms with Crippen LogP contribution < -0.4 is 5.32 Å². The number of nitrogens with one attached hydrogen (secondary N) is 2. The first-order valence-electron chi connectivity index (χ1n) is 7.31. The molecule has 2 aromatic heterocycles. The third-order valence-electron chi connectivity index (χ3n) is 3.50. The van der Waals surface area contributed by atoms with E-state index in [0.29, 0.717) is 16.3 Å². The quantitative estimate of drug-likeness (QED) is 0.673. The molecule has 1 amide bonds. The molecule has 0 radical (unpaired) electrons. The molecule has 0 spiro atoms. The number of H-pyrrole nitrogens is 1. The number of rotatable bonds is 4. The molecular formula is C17H13Cl2N3O3. The van der Waals surface area contributed by atoms with Crippen LogP contribution >= 0.6 is 23.2 Å². The van der Waals surface area contributed by atoms with Gasteiger partial charge < -0.3 is 15.0 Å². The minimum Gasteiger partial charge on any atom is -0.452 e. The van der Waals surface area contributed by atoms with E-state index in [4.69, 9.17) is 27.9 Å². The van der Waals surface area contributed by atoms with Crippen LogP contribution in [-0.4, -0.2) is 28.5 Å². The number of benzene rings is 1. The van der Waals surface area contributed by atoms with Gasteiger partial charge in [-0.25, -0.2) is 9.78 Å². The van der Waals surface area contributed by atoms with Crippen LogP contribution in [0.2, 0.25) is 10.0 Å². The van der Waals surface area contributed by atoms with Gasteiger partial charge in [-0.2, -0.15) is 0 Å². The van der Waals surface area contributed by atoms with Crippen molar-refractivity contribution < 1.29 is 14.3 Å². The number of amides is 1. The molecule has 0 saturated heterocycles. The monoisotopic (exact) mass is 377 g/mol. The zero-order valence-electron chi connectivity index (χ0n) is 13.1. The third-order valence-corrected chi connectivity index (χ3v) is 3.99. The van der Waals surface area contributed by atoms with Gasteiger partial charge in [-0.1, -0.05) is 41.4 Å². The number of nitrogens with zero attached hydrogens (tertiary/aromatic N) is 1. The highest BCUT2D eigenvalue weighted by atomic mass is 35.5. The van der Waals surface area contributed by atoms with Crippen LogP contribution in [0.5, 0.6) is 0 Å². The number of fused-ring (bicyclic) bond motifs is 1. The van der Waals surface area contributed by atoms with E-state index in [-0.39, 0.29) is 10.8 Å². The number of esters is 1. The minimum absolute atomic E-state index is 0.149. The molecular weight excluding hydrogens is 365 g/mol. The summed E-state index contributed by atoms with van der Waals surface area (Å²) in [7, 11) is 0. The fraction of sp³-hybridized carbons (Fsp3) is 0.118. The molecule has 3 aromatic rings. The Hall–Kier alpha value is -2.57. The lowest BCUT2D eigenvalue weighted by atomic mass is 10.1. The van der Waals surface area contributed by atoms with Gasteiger partial charge in [0.2, 0.25) is 0 Å². The van der Waals surface area contributed by atoms with Crippen molar-refractivity contribution in [3.05, 3.63) is 57.8 Å². The van der Waals surface area contributed by atoms with E-state index < -0.39 is 18.5 Å². The number of anilines is 1. The Bertz CT molecular complexity index is 969. The van der Waals surface area contributed by atoms with Crippen LogP contribution in [0, 0.1) is 6.92 Å². The highest BCUT2D eigenvalue weighted by Crippen LogP contribution is 2.23. The van der Waals surface area contributed by atoms with Crippen molar-refractivity contribution in [3.63, 3.8) is 0 Å². The Labute approximate surface area is 153 Å². The lowest BCUT2D eigenvalue weighted by molar-refractivity contribution is -0.119. The number of ether oxygens (including phenoxy) is 1. The number of aromatic amines is 1. The summed E-state index contributed by atoms with van der Waals surface area (Å²) in [6.45, 7) is 1.31. The maximum absolute atomic E-state index is 12.3. The summed E-state index contributed by atoms with van der Waals surface area (Å²) in [6, 6.07) is 8.82. The largest absolute Gasteiger partial charge is 0.452 e. The Kier molecular flexibility index (Phi) is 4.92. The molecule has 3 rings (SSSR count). The number of hydrogen-bond donors (Lipinski definition) is 2. The number of hydrogen-bond acceptors (Lipinski definition) is 4. The van der Waals surface area contributed by atoms with Gasteiger partial charge in [-0.05, 0) is 19.1 Å². The predicted octanol–water partition coefficient (Wildman–Crippen LogP) is 3.97. The summed E-state index contributed by atoms with van der Waals surface area (Å²) < 4.78 is 5.11. The van der Waals surface area contributed by atoms with Crippen molar-refractivity contribution in [1.29, 1.82) is 0 Å². The Morgan fingerprint density at radius 3 is 2.80 bits per heavy atom. The molecule has 0 atom stereocenters. The van der Waals surface area contributed by atoms with E-state index in [9.17, 15) is 9.59 Å². The molecule has 0 fully saturated rings. The van der Waals surface area contributed by atoms with Gasteiger partial charge in [0.1, 0.15) is 0 Å². The van der Waals surface area contributed by atoms with Crippen LogP contribution in [0.25, 0.3) is 10.9 Å². The average molecular weight is 378 g/mol. The Morgan fingerprint density at radius 1 is 1.28 bits per heavy atom. The van der Waals surface area contributed by atoms with Crippen molar-refractivity contribution in [1.82, 2.24) is 9.97 Å². The second kappa shape index (κ2) is 7.13. The van der Waals surface area contributed by atoms with Crippen molar-refractivity contribution in [3.8, 4) is 0 Å². The lowest BCUT2D eigenvalue weighted by Gasteiger charge is -2.07. The van der Waals surface area contributed by atoms with Gasteiger partial charge >= 0.3 is 5.97 Å². The topological polar surface area (TPSA) is 84.1 Å². The van der Waals surface area contributed by atoms with Gasteiger partial charge in [0.25, 0.3) is 5.91 Å². The van der Waals surface area contributed by atoms with Crippen LogP contribution in [0.4, 0.5) is 5.82 Å². The van der Waals surface area contributed by atoms with Crippen LogP contribution in [0.15, 0.2) is 36.5 Å². The standard InChI is InChI=1S/C17H13Cl2N3O3/c1-9-15(11-4-2-3-5-13(11)21-9)17(24)25-8-14(23)22-16-12(19)6-10(18)7-20-16/h2-7,21H,8H2,1H3,(H,20,22,23). The second-order valence-corrected chi connectivity index (χ2v) is 6.12. The first-order valence-corrected chi connectivity index (χ1v) is 8.06. The molecule has 128 valence electrons. The Balaban J connectivity index is 1.67. The van der Waals surface area contributed by atoms with Gasteiger partial charge in [-0.3, -0.25) is 4.79 Å². The summed E-state index contributed by atoms with van der Waals surface area (Å²) in [6.07, 6.45) is 1.35. The van der Waals surface area contributed by atoms with Crippen molar-refractivity contribution >= 4 is 51.8 Å². The molecule has 0 unspecified atom stereocenters. The number of para-hydroxylation sites is 1. The summed E-state index contributed by atoms with van der Waals surface area (Å²) in [5, 5.41) is 3.75. The molecule has 0 bridgehead atoms. The molecule has 2 N–H and O–H groups in total. The van der Waals surface area contributed by atoms with Crippen molar-refractivity contribution in [2.75, 3.05) is 11.9 Å². The smallest absolute Gasteiger partial charge is 0.341 e. The molecule has 6 nitrogen and oxygen atoms in total. The molecule has 8 heteroatoms. The maximum Gasteiger partial charge on any atom is 0.341 e. The van der Waals surface area contributed by atoms with E-state index in [1.165, 1.54) is 12.3 Å². The fourth-order valence-electron chi connectivity index (χ4n) is 2.42. The van der Waals surface area contributed by atoms with Crippen molar-refractivity contribution in [2.45, 2.75) is 6.92 Å². The van der Waals surface area contributed by atoms with E-state index in [2.05, 4.69) is 15.3 Å². The molecule has 2 heterocycles. The van der Waals surface area contributed by atoms with Gasteiger partial charge in [-0.15, -0.1) is 0 Å². The molecule has 0 aliphatic rings. The second-order valence-electron chi connectivity index (χ2n) is 5.28. The van der Waals surface area contributed by atoms with Crippen LogP contribution in [0.1, 0.15) is 16.1 Å². The maximum atomic E-state index is 12.3. The summed E-state index contributed by atoms with van der Waals surface area (Å²) >= 11 is 11.7. The highest BCUT2D eigenvalue weighted by Gasteiger charge is 2.18. The number of pyridine rings is 1. The van der Waals surface area contributed by atoms with E-state index in [1.807, 2.05) is 24.3 Å². The third kappa shape index (κ3) is 3.75. The number of carbonyl (C=O) groups is 2. The first kappa shape index (κ1) is 17.3. The van der Waals surface area contributed by atoms with E-state index in [0.717, 1.165) is 10.9 Å². The van der Waals surface area contributed by atoms with E-state index in [1.54, 1.807) is 6.92 Å². The lowest BCUT2D eigenvalue weighted by Crippen LogP contribution is -2.21. The summed E-state index contributed by atoms with van der Waals surface area (Å²) in [5.41, 5.74) is 1.91. The zero-order valence-corrected chi connectivity index (χ0v) is 14.6. The van der Waals surface area contributed by atoms with Crippen LogP contribution in [-0.2, 0) is 9.53 Å². The normalized spacial score (nSPS) is 10.7. The van der Waals surface area contributed by atoms with Crippen LogP contribution in [0.3, 0.4) is 0 Å².